The van der Waals surface area contributed by atoms with Gasteiger partial charge in [-0.2, -0.15) is 11.8 Å². The summed E-state index contributed by atoms with van der Waals surface area (Å²) in [4.78, 5) is 14.9. The molecule has 2 fully saturated rings. The van der Waals surface area contributed by atoms with Gasteiger partial charge in [-0.3, -0.25) is 4.79 Å². The number of carbonyl (C=O) groups is 1. The van der Waals surface area contributed by atoms with Gasteiger partial charge in [0.05, 0.1) is 22.3 Å². The second-order valence-corrected chi connectivity index (χ2v) is 6.93. The zero-order chi connectivity index (χ0) is 13.9. The summed E-state index contributed by atoms with van der Waals surface area (Å²) in [5.74, 6) is 0.303. The third-order valence-corrected chi connectivity index (χ3v) is 6.16. The van der Waals surface area contributed by atoms with Gasteiger partial charge in [-0.1, -0.05) is 12.2 Å². The van der Waals surface area contributed by atoms with Crippen LogP contribution in [0.5, 0.6) is 0 Å². The van der Waals surface area contributed by atoms with E-state index < -0.39 is 0 Å². The summed E-state index contributed by atoms with van der Waals surface area (Å²) in [5, 5.41) is 0. The van der Waals surface area contributed by atoms with Crippen LogP contribution in [0.15, 0.2) is 0 Å². The fourth-order valence-electron chi connectivity index (χ4n) is 2.83. The number of ether oxygens (including phenoxy) is 1. The molecule has 0 radical (unpaired) electrons. The molecule has 1 atom stereocenters. The van der Waals surface area contributed by atoms with E-state index in [2.05, 4.69) is 0 Å². The molecular formula is C13H22N2O2S2. The highest BCUT2D eigenvalue weighted by Gasteiger charge is 2.39. The first kappa shape index (κ1) is 15.1. The highest BCUT2D eigenvalue weighted by Crippen LogP contribution is 2.35. The number of hydrogen-bond donors (Lipinski definition) is 1. The molecule has 2 N–H and O–H groups in total. The van der Waals surface area contributed by atoms with Crippen LogP contribution in [0, 0.1) is 5.92 Å². The summed E-state index contributed by atoms with van der Waals surface area (Å²) in [5.41, 5.74) is 5.86. The molecule has 0 saturated carbocycles. The average molecular weight is 302 g/mol. The van der Waals surface area contributed by atoms with E-state index in [0.29, 0.717) is 11.6 Å². The van der Waals surface area contributed by atoms with Crippen LogP contribution in [0.2, 0.25) is 0 Å². The maximum atomic E-state index is 12.4. The highest BCUT2D eigenvalue weighted by atomic mass is 32.2. The third kappa shape index (κ3) is 3.23. The van der Waals surface area contributed by atoms with Gasteiger partial charge in [0.1, 0.15) is 0 Å². The summed E-state index contributed by atoms with van der Waals surface area (Å²) in [6, 6.07) is 0. The molecule has 2 aliphatic rings. The van der Waals surface area contributed by atoms with Crippen molar-refractivity contribution < 1.29 is 9.53 Å². The topological polar surface area (TPSA) is 55.6 Å². The lowest BCUT2D eigenvalue weighted by atomic mass is 9.93. The molecule has 2 saturated heterocycles. The Balaban J connectivity index is 1.92. The first-order valence-corrected chi connectivity index (χ1v) is 8.44. The molecule has 2 aliphatic heterocycles. The number of hydrogen-bond acceptors (Lipinski definition) is 4. The van der Waals surface area contributed by atoms with Gasteiger partial charge in [0.15, 0.2) is 0 Å². The van der Waals surface area contributed by atoms with Gasteiger partial charge in [-0.05, 0) is 31.9 Å². The normalized spacial score (nSPS) is 27.0. The van der Waals surface area contributed by atoms with E-state index in [0.717, 1.165) is 45.4 Å². The molecule has 6 heteroatoms. The van der Waals surface area contributed by atoms with Crippen LogP contribution in [-0.2, 0) is 9.53 Å². The Hall–Kier alpha value is -0.330. The molecule has 19 heavy (non-hydrogen) atoms. The molecule has 108 valence electrons. The molecule has 1 unspecified atom stereocenters. The summed E-state index contributed by atoms with van der Waals surface area (Å²) < 4.78 is 5.29. The van der Waals surface area contributed by atoms with E-state index in [9.17, 15) is 4.79 Å². The Labute approximate surface area is 124 Å². The largest absolute Gasteiger partial charge is 0.392 e. The molecule has 1 amide bonds. The van der Waals surface area contributed by atoms with Crippen LogP contribution in [0.3, 0.4) is 0 Å². The van der Waals surface area contributed by atoms with Crippen LogP contribution in [0.1, 0.15) is 25.7 Å². The minimum Gasteiger partial charge on any atom is -0.392 e. The van der Waals surface area contributed by atoms with Crippen molar-refractivity contribution in [3.8, 4) is 0 Å². The lowest BCUT2D eigenvalue weighted by Gasteiger charge is -2.41. The quantitative estimate of drug-likeness (QED) is 0.799. The first-order chi connectivity index (χ1) is 9.09. The van der Waals surface area contributed by atoms with Crippen molar-refractivity contribution in [2.45, 2.75) is 30.4 Å². The van der Waals surface area contributed by atoms with Crippen LogP contribution >= 0.6 is 24.0 Å². The monoisotopic (exact) mass is 302 g/mol. The molecular weight excluding hydrogens is 280 g/mol. The number of nitrogens with zero attached hydrogens (tertiary/aromatic N) is 1. The summed E-state index contributed by atoms with van der Waals surface area (Å²) in [6.45, 7) is 2.89. The Morgan fingerprint density at radius 1 is 1.47 bits per heavy atom. The standard InChI is InChI=1S/C13H22N2O2S2/c1-19-13(12(14)18)4-6-15(7-5-13)11(16)10-3-2-8-17-9-10/h10H,2-9H2,1H3,(H2,14,18). The molecule has 0 bridgehead atoms. The van der Waals surface area contributed by atoms with Crippen molar-refractivity contribution in [2.24, 2.45) is 11.7 Å². The van der Waals surface area contributed by atoms with Gasteiger partial charge in [0.25, 0.3) is 0 Å². The van der Waals surface area contributed by atoms with E-state index in [4.69, 9.17) is 22.7 Å². The second-order valence-electron chi connectivity index (χ2n) is 5.30. The zero-order valence-corrected chi connectivity index (χ0v) is 13.0. The fourth-order valence-corrected chi connectivity index (χ4v) is 4.08. The Bertz CT molecular complexity index is 349. The van der Waals surface area contributed by atoms with Gasteiger partial charge in [0.2, 0.25) is 5.91 Å². The van der Waals surface area contributed by atoms with E-state index in [1.54, 1.807) is 11.8 Å². The lowest BCUT2D eigenvalue weighted by molar-refractivity contribution is -0.140. The maximum absolute atomic E-state index is 12.4. The molecule has 0 aromatic rings. The fraction of sp³-hybridized carbons (Fsp3) is 0.846. The average Bonchev–Trinajstić information content (AvgIpc) is 2.47. The minimum atomic E-state index is -0.116. The van der Waals surface area contributed by atoms with E-state index in [1.165, 1.54) is 0 Å². The molecule has 4 nitrogen and oxygen atoms in total. The van der Waals surface area contributed by atoms with Gasteiger partial charge >= 0.3 is 0 Å². The number of piperidine rings is 1. The van der Waals surface area contributed by atoms with Crippen LogP contribution < -0.4 is 5.73 Å². The Morgan fingerprint density at radius 2 is 2.16 bits per heavy atom. The van der Waals surface area contributed by atoms with Crippen LogP contribution in [-0.4, -0.2) is 53.1 Å². The van der Waals surface area contributed by atoms with Crippen molar-refractivity contribution in [2.75, 3.05) is 32.6 Å². The predicted molar refractivity (Wildman–Crippen MR) is 82.4 cm³/mol. The summed E-state index contributed by atoms with van der Waals surface area (Å²) >= 11 is 6.91. The number of thioether (sulfide) groups is 1. The molecule has 0 aromatic carbocycles. The van der Waals surface area contributed by atoms with E-state index >= 15 is 0 Å². The molecule has 0 aliphatic carbocycles. The van der Waals surface area contributed by atoms with Crippen LogP contribution in [0.25, 0.3) is 0 Å². The minimum absolute atomic E-state index is 0.0559. The predicted octanol–water partition coefficient (Wildman–Crippen LogP) is 1.42. The molecule has 2 rings (SSSR count). The number of likely N-dealkylation sites (tertiary alicyclic amines) is 1. The van der Waals surface area contributed by atoms with Crippen molar-refractivity contribution in [1.82, 2.24) is 4.90 Å². The lowest BCUT2D eigenvalue weighted by Crippen LogP contribution is -2.52. The van der Waals surface area contributed by atoms with Crippen molar-refractivity contribution in [1.29, 1.82) is 0 Å². The van der Waals surface area contributed by atoms with Gasteiger partial charge in [0, 0.05) is 19.7 Å². The SMILES string of the molecule is CSC1(C(N)=S)CCN(C(=O)C2CCCOC2)CC1. The second kappa shape index (κ2) is 6.41. The Morgan fingerprint density at radius 3 is 2.63 bits per heavy atom. The number of carbonyl (C=O) groups excluding carboxylic acids is 1. The van der Waals surface area contributed by atoms with Crippen LogP contribution in [0.4, 0.5) is 0 Å². The highest BCUT2D eigenvalue weighted by molar-refractivity contribution is 8.02. The van der Waals surface area contributed by atoms with E-state index in [1.807, 2.05) is 11.2 Å². The van der Waals surface area contributed by atoms with Gasteiger partial charge < -0.3 is 15.4 Å². The summed E-state index contributed by atoms with van der Waals surface area (Å²) in [6.07, 6.45) is 5.72. The molecule has 0 aromatic heterocycles. The Kier molecular flexibility index (Phi) is 5.09. The third-order valence-electron chi connectivity index (χ3n) is 4.23. The number of thiocarbonyl (C=S) groups is 1. The number of rotatable bonds is 3. The van der Waals surface area contributed by atoms with Gasteiger partial charge in [-0.15, -0.1) is 0 Å². The first-order valence-electron chi connectivity index (χ1n) is 6.80. The van der Waals surface area contributed by atoms with E-state index in [-0.39, 0.29) is 16.6 Å². The zero-order valence-electron chi connectivity index (χ0n) is 11.4. The number of amides is 1. The smallest absolute Gasteiger partial charge is 0.228 e. The van der Waals surface area contributed by atoms with Crippen molar-refractivity contribution >= 4 is 34.9 Å². The van der Waals surface area contributed by atoms with Crippen molar-refractivity contribution in [3.05, 3.63) is 0 Å². The summed E-state index contributed by atoms with van der Waals surface area (Å²) in [7, 11) is 0. The molecule has 0 spiro atoms. The van der Waals surface area contributed by atoms with Gasteiger partial charge in [-0.25, -0.2) is 0 Å². The maximum Gasteiger partial charge on any atom is 0.228 e. The molecule has 2 heterocycles. The number of nitrogens with two attached hydrogens (primary N) is 1. The van der Waals surface area contributed by atoms with Crippen molar-refractivity contribution in [3.63, 3.8) is 0 Å².